The Labute approximate surface area is 84.0 Å². The molecule has 0 bridgehead atoms. The molecule has 0 atom stereocenters. The van der Waals surface area contributed by atoms with Crippen molar-refractivity contribution in [2.24, 2.45) is 5.41 Å². The van der Waals surface area contributed by atoms with Crippen molar-refractivity contribution in [2.75, 3.05) is 0 Å². The van der Waals surface area contributed by atoms with Crippen molar-refractivity contribution in [1.29, 1.82) is 0 Å². The molecule has 0 N–H and O–H groups in total. The van der Waals surface area contributed by atoms with E-state index in [4.69, 9.17) is 4.43 Å². The Morgan fingerprint density at radius 2 is 1.62 bits per heavy atom. The molecule has 0 aromatic heterocycles. The predicted molar refractivity (Wildman–Crippen MR) is 55.6 cm³/mol. The molecule has 0 saturated heterocycles. The van der Waals surface area contributed by atoms with Gasteiger partial charge in [0.1, 0.15) is 0 Å². The van der Waals surface area contributed by atoms with Crippen LogP contribution in [-0.4, -0.2) is 15.7 Å². The first-order valence-corrected chi connectivity index (χ1v) is 6.22. The zero-order valence-electron chi connectivity index (χ0n) is 9.14. The summed E-state index contributed by atoms with van der Waals surface area (Å²) in [4.78, 5) is 11.7. The summed E-state index contributed by atoms with van der Waals surface area (Å²) in [6.45, 7) is 8.20. The lowest BCUT2D eigenvalue weighted by molar-refractivity contribution is -0.146. The lowest BCUT2D eigenvalue weighted by atomic mass is 9.80. The number of carbonyl (C=O) groups excluding carboxylic acids is 1. The first kappa shape index (κ1) is 12.7. The number of hydrogen-bond acceptors (Lipinski definition) is 2. The molecule has 0 aliphatic carbocycles. The smallest absolute Gasteiger partial charge is 0.314 e. The Hall–Kier alpha value is -0.313. The fourth-order valence-corrected chi connectivity index (χ4v) is 1.92. The fraction of sp³-hybridized carbons (Fsp3) is 0.900. The van der Waals surface area contributed by atoms with Crippen LogP contribution in [0.2, 0.25) is 6.04 Å². The average molecular weight is 200 g/mol. The summed E-state index contributed by atoms with van der Waals surface area (Å²) < 4.78 is 5.22. The van der Waals surface area contributed by atoms with Crippen LogP contribution in [0.4, 0.5) is 0 Å². The Morgan fingerprint density at radius 1 is 1.15 bits per heavy atom. The van der Waals surface area contributed by atoms with Gasteiger partial charge in [-0.15, -0.1) is 0 Å². The van der Waals surface area contributed by atoms with Gasteiger partial charge in [0.2, 0.25) is 0 Å². The molecule has 0 amide bonds. The van der Waals surface area contributed by atoms with Crippen molar-refractivity contribution in [3.05, 3.63) is 0 Å². The van der Waals surface area contributed by atoms with Crippen molar-refractivity contribution < 1.29 is 9.22 Å². The van der Waals surface area contributed by atoms with Crippen molar-refractivity contribution in [2.45, 2.75) is 53.0 Å². The van der Waals surface area contributed by atoms with Crippen LogP contribution in [0.15, 0.2) is 0 Å². The summed E-state index contributed by atoms with van der Waals surface area (Å²) in [6, 6.07) is 0.930. The summed E-state index contributed by atoms with van der Waals surface area (Å²) in [6.07, 6.45) is 2.65. The van der Waals surface area contributed by atoms with Crippen molar-refractivity contribution in [1.82, 2.24) is 0 Å². The van der Waals surface area contributed by atoms with Crippen molar-refractivity contribution in [3.63, 3.8) is 0 Å². The molecular weight excluding hydrogens is 180 g/mol. The first-order chi connectivity index (χ1) is 6.16. The molecule has 0 fully saturated rings. The van der Waals surface area contributed by atoms with E-state index in [-0.39, 0.29) is 11.4 Å². The van der Waals surface area contributed by atoms with Gasteiger partial charge in [0.15, 0.2) is 0 Å². The highest BCUT2D eigenvalue weighted by atomic mass is 28.2. The molecule has 0 aliphatic heterocycles. The third-order valence-corrected chi connectivity index (χ3v) is 3.39. The van der Waals surface area contributed by atoms with E-state index in [2.05, 4.69) is 20.8 Å². The lowest BCUT2D eigenvalue weighted by Crippen LogP contribution is -2.32. The molecular formula is C10H20O2Si. The van der Waals surface area contributed by atoms with Gasteiger partial charge in [0.05, 0.1) is 5.41 Å². The maximum Gasteiger partial charge on any atom is 0.314 e. The fourth-order valence-electron chi connectivity index (χ4n) is 1.43. The van der Waals surface area contributed by atoms with Crippen molar-refractivity contribution in [3.8, 4) is 0 Å². The van der Waals surface area contributed by atoms with E-state index in [9.17, 15) is 4.79 Å². The van der Waals surface area contributed by atoms with Crippen LogP contribution in [0, 0.1) is 5.41 Å². The van der Waals surface area contributed by atoms with E-state index in [1.54, 1.807) is 0 Å². The van der Waals surface area contributed by atoms with Crippen LogP contribution in [0.1, 0.15) is 47.0 Å². The Bertz CT molecular complexity index is 145. The molecule has 13 heavy (non-hydrogen) atoms. The van der Waals surface area contributed by atoms with Gasteiger partial charge in [-0.25, -0.2) is 0 Å². The van der Waals surface area contributed by atoms with Crippen LogP contribution in [0.5, 0.6) is 0 Å². The van der Waals surface area contributed by atoms with Gasteiger partial charge in [-0.1, -0.05) is 27.7 Å². The SMILES string of the molecule is CC[Si]OC(=O)C(CC)(CC)CC. The first-order valence-electron chi connectivity index (χ1n) is 5.11. The second kappa shape index (κ2) is 6.19. The summed E-state index contributed by atoms with van der Waals surface area (Å²) in [7, 11) is 0.328. The summed E-state index contributed by atoms with van der Waals surface area (Å²) >= 11 is 0. The Morgan fingerprint density at radius 3 is 1.92 bits per heavy atom. The molecule has 0 aromatic rings. The number of rotatable bonds is 6. The second-order valence-electron chi connectivity index (χ2n) is 3.23. The van der Waals surface area contributed by atoms with Gasteiger partial charge in [-0.05, 0) is 25.3 Å². The highest BCUT2D eigenvalue weighted by molar-refractivity contribution is 6.30. The normalized spacial score (nSPS) is 11.4. The Balaban J connectivity index is 4.26. The monoisotopic (exact) mass is 200 g/mol. The van der Waals surface area contributed by atoms with Gasteiger partial charge in [0, 0.05) is 0 Å². The molecule has 0 aromatic carbocycles. The molecule has 0 spiro atoms. The van der Waals surface area contributed by atoms with Crippen LogP contribution >= 0.6 is 0 Å². The third-order valence-electron chi connectivity index (χ3n) is 2.77. The molecule has 0 rings (SSSR count). The second-order valence-corrected chi connectivity index (χ2v) is 4.43. The van der Waals surface area contributed by atoms with E-state index >= 15 is 0 Å². The number of carbonyl (C=O) groups is 1. The van der Waals surface area contributed by atoms with Crippen LogP contribution in [-0.2, 0) is 9.22 Å². The summed E-state index contributed by atoms with van der Waals surface area (Å²) in [5, 5.41) is 0. The minimum absolute atomic E-state index is 0.000170. The minimum atomic E-state index is -0.220. The van der Waals surface area contributed by atoms with Gasteiger partial charge in [-0.2, -0.15) is 0 Å². The zero-order chi connectivity index (χ0) is 10.3. The summed E-state index contributed by atoms with van der Waals surface area (Å²) in [5.74, 6) is 0.000170. The largest absolute Gasteiger partial charge is 0.516 e. The lowest BCUT2D eigenvalue weighted by Gasteiger charge is -2.27. The van der Waals surface area contributed by atoms with E-state index in [0.717, 1.165) is 25.3 Å². The highest BCUT2D eigenvalue weighted by Gasteiger charge is 2.33. The number of hydrogen-bond donors (Lipinski definition) is 0. The van der Waals surface area contributed by atoms with E-state index < -0.39 is 0 Å². The van der Waals surface area contributed by atoms with Gasteiger partial charge < -0.3 is 4.43 Å². The van der Waals surface area contributed by atoms with Gasteiger partial charge in [-0.3, -0.25) is 4.79 Å². The maximum atomic E-state index is 11.7. The van der Waals surface area contributed by atoms with Crippen LogP contribution in [0.3, 0.4) is 0 Å². The standard InChI is InChI=1S/C10H20O2Si/c1-5-10(6-2,7-3)9(11)12-13-8-4/h5-8H2,1-4H3. The molecule has 2 nitrogen and oxygen atoms in total. The topological polar surface area (TPSA) is 26.3 Å². The molecule has 0 unspecified atom stereocenters. The third kappa shape index (κ3) is 3.14. The maximum absolute atomic E-state index is 11.7. The zero-order valence-corrected chi connectivity index (χ0v) is 10.1. The predicted octanol–water partition coefficient (Wildman–Crippen LogP) is 2.80. The van der Waals surface area contributed by atoms with Gasteiger partial charge in [0.25, 0.3) is 5.97 Å². The molecule has 0 aliphatic rings. The van der Waals surface area contributed by atoms with Gasteiger partial charge >= 0.3 is 9.76 Å². The van der Waals surface area contributed by atoms with Crippen LogP contribution < -0.4 is 0 Å². The highest BCUT2D eigenvalue weighted by Crippen LogP contribution is 2.31. The minimum Gasteiger partial charge on any atom is -0.516 e. The van der Waals surface area contributed by atoms with Crippen molar-refractivity contribution >= 4 is 15.7 Å². The van der Waals surface area contributed by atoms with E-state index in [0.29, 0.717) is 9.76 Å². The molecule has 0 heterocycles. The van der Waals surface area contributed by atoms with E-state index in [1.165, 1.54) is 0 Å². The molecule has 76 valence electrons. The summed E-state index contributed by atoms with van der Waals surface area (Å²) in [5.41, 5.74) is -0.220. The van der Waals surface area contributed by atoms with E-state index in [1.807, 2.05) is 6.92 Å². The van der Waals surface area contributed by atoms with Crippen LogP contribution in [0.25, 0.3) is 0 Å². The molecule has 2 radical (unpaired) electrons. The Kier molecular flexibility index (Phi) is 6.04. The quantitative estimate of drug-likeness (QED) is 0.616. The molecule has 0 saturated carbocycles. The molecule has 3 heteroatoms. The average Bonchev–Trinajstić information content (AvgIpc) is 2.18.